The maximum absolute atomic E-state index is 5.82. The van der Waals surface area contributed by atoms with Crippen LogP contribution in [0, 0.1) is 0 Å². The highest BCUT2D eigenvalue weighted by Gasteiger charge is 2.03. The first kappa shape index (κ1) is 10.1. The molecule has 0 saturated heterocycles. The van der Waals surface area contributed by atoms with Crippen LogP contribution in [0.5, 0.6) is 0 Å². The Morgan fingerprint density at radius 3 is 2.75 bits per heavy atom. The third-order valence-corrected chi connectivity index (χ3v) is 2.89. The summed E-state index contributed by atoms with van der Waals surface area (Å²) in [6.07, 6.45) is 2.26. The number of benzene rings is 1. The Morgan fingerprint density at radius 2 is 2.17 bits per heavy atom. The summed E-state index contributed by atoms with van der Waals surface area (Å²) in [6, 6.07) is 6.19. The van der Waals surface area contributed by atoms with Crippen LogP contribution in [0.4, 0.5) is 0 Å². The van der Waals surface area contributed by atoms with E-state index in [1.807, 2.05) is 6.07 Å². The Kier molecular flexibility index (Phi) is 4.10. The van der Waals surface area contributed by atoms with Crippen molar-refractivity contribution in [1.82, 2.24) is 0 Å². The molecule has 0 atom stereocenters. The van der Waals surface area contributed by atoms with E-state index in [0.717, 1.165) is 12.8 Å². The molecule has 0 N–H and O–H groups in total. The van der Waals surface area contributed by atoms with Crippen molar-refractivity contribution in [3.8, 4) is 0 Å². The fourth-order valence-electron chi connectivity index (χ4n) is 1.26. The zero-order chi connectivity index (χ0) is 8.97. The number of hydrogen-bond acceptors (Lipinski definition) is 0. The molecular formula is C10H12BrCl. The monoisotopic (exact) mass is 246 g/mol. The molecule has 2 heteroatoms. The molecule has 66 valence electrons. The molecule has 0 spiro atoms. The third-order valence-electron chi connectivity index (χ3n) is 1.86. The Bertz CT molecular complexity index is 258. The fraction of sp³-hybridized carbons (Fsp3) is 0.400. The van der Waals surface area contributed by atoms with Gasteiger partial charge in [0.15, 0.2) is 0 Å². The lowest BCUT2D eigenvalue weighted by molar-refractivity contribution is 0.905. The number of hydrogen-bond donors (Lipinski definition) is 0. The largest absolute Gasteiger partial charge is 0.122 e. The maximum atomic E-state index is 5.82. The second-order valence-corrected chi connectivity index (χ2v) is 3.88. The second-order valence-electron chi connectivity index (χ2n) is 2.76. The van der Waals surface area contributed by atoms with Gasteiger partial charge in [0, 0.05) is 10.4 Å². The Labute approximate surface area is 87.1 Å². The van der Waals surface area contributed by atoms with Crippen LogP contribution >= 0.6 is 27.5 Å². The first-order chi connectivity index (χ1) is 5.79. The van der Waals surface area contributed by atoms with Gasteiger partial charge in [0.05, 0.1) is 0 Å². The van der Waals surface area contributed by atoms with E-state index >= 15 is 0 Å². The summed E-state index contributed by atoms with van der Waals surface area (Å²) in [5.41, 5.74) is 2.60. The summed E-state index contributed by atoms with van der Waals surface area (Å²) >= 11 is 9.35. The molecule has 0 radical (unpaired) electrons. The lowest BCUT2D eigenvalue weighted by Gasteiger charge is -2.07. The molecule has 1 aromatic carbocycles. The molecule has 0 nitrogen and oxygen atoms in total. The molecule has 0 aromatic heterocycles. The molecule has 12 heavy (non-hydrogen) atoms. The van der Waals surface area contributed by atoms with E-state index in [1.54, 1.807) is 0 Å². The van der Waals surface area contributed by atoms with Crippen molar-refractivity contribution in [1.29, 1.82) is 0 Å². The molecule has 0 unspecified atom stereocenters. The van der Waals surface area contributed by atoms with Crippen LogP contribution in [0.15, 0.2) is 22.7 Å². The molecule has 0 aliphatic heterocycles. The van der Waals surface area contributed by atoms with E-state index < -0.39 is 0 Å². The average Bonchev–Trinajstić information content (AvgIpc) is 2.09. The van der Waals surface area contributed by atoms with Crippen LogP contribution in [0.3, 0.4) is 0 Å². The Balaban J connectivity index is 3.02. The quantitative estimate of drug-likeness (QED) is 0.704. The van der Waals surface area contributed by atoms with Crippen molar-refractivity contribution in [2.45, 2.75) is 25.6 Å². The van der Waals surface area contributed by atoms with Gasteiger partial charge in [0.2, 0.25) is 0 Å². The van der Waals surface area contributed by atoms with Gasteiger partial charge in [0.1, 0.15) is 0 Å². The molecule has 0 heterocycles. The minimum absolute atomic E-state index is 0.606. The van der Waals surface area contributed by atoms with Gasteiger partial charge in [-0.1, -0.05) is 41.4 Å². The average molecular weight is 248 g/mol. The number of rotatable bonds is 3. The van der Waals surface area contributed by atoms with Gasteiger partial charge in [-0.15, -0.1) is 11.6 Å². The van der Waals surface area contributed by atoms with E-state index in [4.69, 9.17) is 11.6 Å². The summed E-state index contributed by atoms with van der Waals surface area (Å²) in [4.78, 5) is 0. The SMILES string of the molecule is CCCc1c(Br)cccc1CCl. The highest BCUT2D eigenvalue weighted by Crippen LogP contribution is 2.23. The van der Waals surface area contributed by atoms with Crippen molar-refractivity contribution >= 4 is 27.5 Å². The van der Waals surface area contributed by atoms with Gasteiger partial charge in [-0.25, -0.2) is 0 Å². The van der Waals surface area contributed by atoms with Crippen LogP contribution in [-0.2, 0) is 12.3 Å². The topological polar surface area (TPSA) is 0 Å². The standard InChI is InChI=1S/C10H12BrCl/c1-2-4-9-8(7-12)5-3-6-10(9)11/h3,5-6H,2,4,7H2,1H3. The van der Waals surface area contributed by atoms with E-state index in [1.165, 1.54) is 15.6 Å². The first-order valence-corrected chi connectivity index (χ1v) is 5.44. The van der Waals surface area contributed by atoms with Gasteiger partial charge < -0.3 is 0 Å². The minimum atomic E-state index is 0.606. The predicted molar refractivity (Wildman–Crippen MR) is 57.7 cm³/mol. The van der Waals surface area contributed by atoms with Crippen LogP contribution in [0.25, 0.3) is 0 Å². The Hall–Kier alpha value is -0.0100. The molecule has 0 amide bonds. The van der Waals surface area contributed by atoms with Crippen molar-refractivity contribution in [2.24, 2.45) is 0 Å². The second kappa shape index (κ2) is 4.88. The van der Waals surface area contributed by atoms with Crippen molar-refractivity contribution in [2.75, 3.05) is 0 Å². The molecule has 0 saturated carbocycles. The highest BCUT2D eigenvalue weighted by molar-refractivity contribution is 9.10. The Morgan fingerprint density at radius 1 is 1.42 bits per heavy atom. The molecule has 0 aliphatic rings. The summed E-state index contributed by atoms with van der Waals surface area (Å²) in [6.45, 7) is 2.18. The van der Waals surface area contributed by atoms with Crippen LogP contribution in [0.1, 0.15) is 24.5 Å². The fourth-order valence-corrected chi connectivity index (χ4v) is 2.11. The molecule has 1 rings (SSSR count). The van der Waals surface area contributed by atoms with E-state index in [2.05, 4.69) is 35.0 Å². The van der Waals surface area contributed by atoms with Crippen LogP contribution in [-0.4, -0.2) is 0 Å². The van der Waals surface area contributed by atoms with Gasteiger partial charge >= 0.3 is 0 Å². The van der Waals surface area contributed by atoms with Crippen molar-refractivity contribution < 1.29 is 0 Å². The lowest BCUT2D eigenvalue weighted by Crippen LogP contribution is -1.92. The summed E-state index contributed by atoms with van der Waals surface area (Å²) < 4.78 is 1.18. The normalized spacial score (nSPS) is 10.2. The van der Waals surface area contributed by atoms with Gasteiger partial charge in [-0.05, 0) is 23.6 Å². The lowest BCUT2D eigenvalue weighted by atomic mass is 10.0. The highest BCUT2D eigenvalue weighted by atomic mass is 79.9. The van der Waals surface area contributed by atoms with Crippen LogP contribution in [0.2, 0.25) is 0 Å². The smallest absolute Gasteiger partial charge is 0.0477 e. The zero-order valence-electron chi connectivity index (χ0n) is 7.11. The van der Waals surface area contributed by atoms with Gasteiger partial charge in [0.25, 0.3) is 0 Å². The van der Waals surface area contributed by atoms with Crippen molar-refractivity contribution in [3.63, 3.8) is 0 Å². The first-order valence-electron chi connectivity index (χ1n) is 4.11. The molecule has 0 aliphatic carbocycles. The van der Waals surface area contributed by atoms with E-state index in [0.29, 0.717) is 5.88 Å². The molecular weight excluding hydrogens is 235 g/mol. The summed E-state index contributed by atoms with van der Waals surface area (Å²) in [5, 5.41) is 0. The predicted octanol–water partition coefficient (Wildman–Crippen LogP) is 4.14. The van der Waals surface area contributed by atoms with Crippen molar-refractivity contribution in [3.05, 3.63) is 33.8 Å². The molecule has 1 aromatic rings. The van der Waals surface area contributed by atoms with Crippen LogP contribution < -0.4 is 0 Å². The molecule has 0 fully saturated rings. The zero-order valence-corrected chi connectivity index (χ0v) is 9.45. The number of halogens is 2. The van der Waals surface area contributed by atoms with E-state index in [9.17, 15) is 0 Å². The molecule has 0 bridgehead atoms. The summed E-state index contributed by atoms with van der Waals surface area (Å²) in [7, 11) is 0. The van der Waals surface area contributed by atoms with Gasteiger partial charge in [-0.2, -0.15) is 0 Å². The number of alkyl halides is 1. The van der Waals surface area contributed by atoms with E-state index in [-0.39, 0.29) is 0 Å². The van der Waals surface area contributed by atoms with Gasteiger partial charge in [-0.3, -0.25) is 0 Å². The summed E-state index contributed by atoms with van der Waals surface area (Å²) in [5.74, 6) is 0.606. The third kappa shape index (κ3) is 2.24. The maximum Gasteiger partial charge on any atom is 0.0477 e. The minimum Gasteiger partial charge on any atom is -0.122 e.